The lowest BCUT2D eigenvalue weighted by molar-refractivity contribution is 0.0453. The molecule has 2 aromatic heterocycles. The van der Waals surface area contributed by atoms with Gasteiger partial charge in [0.05, 0.1) is 10.0 Å². The zero-order valence-corrected chi connectivity index (χ0v) is 18.1. The van der Waals surface area contributed by atoms with E-state index in [-0.39, 0.29) is 45.0 Å². The summed E-state index contributed by atoms with van der Waals surface area (Å²) in [5.74, 6) is -1.38. The second-order valence-corrected chi connectivity index (χ2v) is 7.49. The average Bonchev–Trinajstić information content (AvgIpc) is 2.74. The number of esters is 2. The summed E-state index contributed by atoms with van der Waals surface area (Å²) in [7, 11) is 0. The summed E-state index contributed by atoms with van der Waals surface area (Å²) in [6, 6.07) is 12.8. The molecule has 0 saturated carbocycles. The molecular weight excluding hydrogens is 474 g/mol. The maximum absolute atomic E-state index is 12.1. The Morgan fingerprint density at radius 3 is 1.37 bits per heavy atom. The monoisotopic (exact) mass is 484 g/mol. The summed E-state index contributed by atoms with van der Waals surface area (Å²) in [6.45, 7) is 0.0108. The number of ether oxygens (including phenoxy) is 2. The van der Waals surface area contributed by atoms with Crippen molar-refractivity contribution in [2.24, 2.45) is 0 Å². The van der Waals surface area contributed by atoms with Crippen molar-refractivity contribution >= 4 is 58.3 Å². The maximum atomic E-state index is 12.1. The van der Waals surface area contributed by atoms with E-state index in [2.05, 4.69) is 9.97 Å². The standard InChI is InChI=1S/C20H12Cl4N2O4/c21-13-5-7-15(23)25-17(13)19(27)29-9-11-1-2-12(4-3-11)10-30-20(28)18-14(22)6-8-16(24)26-18/h1-8H,9-10H2. The van der Waals surface area contributed by atoms with Crippen molar-refractivity contribution in [2.45, 2.75) is 13.2 Å². The van der Waals surface area contributed by atoms with E-state index in [1.165, 1.54) is 24.3 Å². The van der Waals surface area contributed by atoms with Gasteiger partial charge in [-0.1, -0.05) is 70.7 Å². The molecular formula is C20H12Cl4N2O4. The van der Waals surface area contributed by atoms with Crippen LogP contribution in [0.1, 0.15) is 32.1 Å². The van der Waals surface area contributed by atoms with Crippen molar-refractivity contribution in [3.8, 4) is 0 Å². The number of nitrogens with zero attached hydrogens (tertiary/aromatic N) is 2. The van der Waals surface area contributed by atoms with Crippen LogP contribution >= 0.6 is 46.4 Å². The molecule has 0 aliphatic carbocycles. The molecule has 0 unspecified atom stereocenters. The Kier molecular flexibility index (Phi) is 7.50. The third-order valence-corrected chi connectivity index (χ3v) is 4.80. The molecule has 3 aromatic rings. The highest BCUT2D eigenvalue weighted by Crippen LogP contribution is 2.20. The minimum Gasteiger partial charge on any atom is -0.456 e. The zero-order valence-electron chi connectivity index (χ0n) is 15.1. The van der Waals surface area contributed by atoms with E-state index in [9.17, 15) is 9.59 Å². The predicted molar refractivity (Wildman–Crippen MR) is 113 cm³/mol. The summed E-state index contributed by atoms with van der Waals surface area (Å²) >= 11 is 23.4. The first-order chi connectivity index (χ1) is 14.3. The molecule has 3 rings (SSSR count). The summed E-state index contributed by atoms with van der Waals surface area (Å²) in [4.78, 5) is 31.9. The lowest BCUT2D eigenvalue weighted by atomic mass is 10.1. The van der Waals surface area contributed by atoms with Crippen LogP contribution in [0.3, 0.4) is 0 Å². The van der Waals surface area contributed by atoms with Gasteiger partial charge in [0, 0.05) is 0 Å². The van der Waals surface area contributed by atoms with Crippen LogP contribution in [0.5, 0.6) is 0 Å². The molecule has 0 aliphatic heterocycles. The van der Waals surface area contributed by atoms with E-state index in [4.69, 9.17) is 55.9 Å². The number of carbonyl (C=O) groups excluding carboxylic acids is 2. The summed E-state index contributed by atoms with van der Waals surface area (Å²) in [5.41, 5.74) is 1.33. The van der Waals surface area contributed by atoms with Crippen molar-refractivity contribution in [2.75, 3.05) is 0 Å². The summed E-state index contributed by atoms with van der Waals surface area (Å²) in [6.07, 6.45) is 0. The molecule has 30 heavy (non-hydrogen) atoms. The van der Waals surface area contributed by atoms with Crippen LogP contribution < -0.4 is 0 Å². The van der Waals surface area contributed by atoms with Crippen LogP contribution in [-0.2, 0) is 22.7 Å². The number of pyridine rings is 2. The van der Waals surface area contributed by atoms with Gasteiger partial charge in [0.1, 0.15) is 23.5 Å². The van der Waals surface area contributed by atoms with Crippen molar-refractivity contribution in [3.05, 3.63) is 91.4 Å². The SMILES string of the molecule is O=C(OCc1ccc(COC(=O)c2nc(Cl)ccc2Cl)cc1)c1nc(Cl)ccc1Cl. The topological polar surface area (TPSA) is 78.4 Å². The summed E-state index contributed by atoms with van der Waals surface area (Å²) in [5, 5.41) is 0.575. The predicted octanol–water partition coefficient (Wildman–Crippen LogP) is 5.80. The minimum absolute atomic E-state index is 0.00542. The highest BCUT2D eigenvalue weighted by molar-refractivity contribution is 6.35. The number of benzene rings is 1. The first-order valence-corrected chi connectivity index (χ1v) is 9.91. The maximum Gasteiger partial charge on any atom is 0.358 e. The normalized spacial score (nSPS) is 10.5. The Morgan fingerprint density at radius 1 is 0.633 bits per heavy atom. The molecule has 0 fully saturated rings. The molecule has 0 spiro atoms. The van der Waals surface area contributed by atoms with E-state index in [0.717, 1.165) is 11.1 Å². The van der Waals surface area contributed by atoms with E-state index in [1.807, 2.05) is 0 Å². The molecule has 154 valence electrons. The van der Waals surface area contributed by atoms with Crippen LogP contribution in [-0.4, -0.2) is 21.9 Å². The largest absolute Gasteiger partial charge is 0.456 e. The Balaban J connectivity index is 1.55. The Morgan fingerprint density at radius 2 is 1.00 bits per heavy atom. The quantitative estimate of drug-likeness (QED) is 0.324. The Labute approximate surface area is 191 Å². The van der Waals surface area contributed by atoms with Gasteiger partial charge in [0.2, 0.25) is 0 Å². The lowest BCUT2D eigenvalue weighted by Crippen LogP contribution is -2.09. The van der Waals surface area contributed by atoms with Gasteiger partial charge in [-0.2, -0.15) is 0 Å². The lowest BCUT2D eigenvalue weighted by Gasteiger charge is -2.08. The minimum atomic E-state index is -0.689. The molecule has 6 nitrogen and oxygen atoms in total. The highest BCUT2D eigenvalue weighted by Gasteiger charge is 2.16. The Hall–Kier alpha value is -2.38. The highest BCUT2D eigenvalue weighted by atomic mass is 35.5. The van der Waals surface area contributed by atoms with Crippen LogP contribution in [0.15, 0.2) is 48.5 Å². The van der Waals surface area contributed by atoms with Gasteiger partial charge in [-0.25, -0.2) is 19.6 Å². The number of hydrogen-bond donors (Lipinski definition) is 0. The number of halogens is 4. The molecule has 0 radical (unpaired) electrons. The van der Waals surface area contributed by atoms with Crippen molar-refractivity contribution in [1.29, 1.82) is 0 Å². The van der Waals surface area contributed by atoms with Gasteiger partial charge in [-0.05, 0) is 35.4 Å². The fourth-order valence-corrected chi connectivity index (χ4v) is 2.95. The third-order valence-electron chi connectivity index (χ3n) is 3.77. The average molecular weight is 486 g/mol. The second kappa shape index (κ2) is 10.1. The fourth-order valence-electron chi connectivity index (χ4n) is 2.29. The van der Waals surface area contributed by atoms with Crippen LogP contribution in [0.25, 0.3) is 0 Å². The van der Waals surface area contributed by atoms with Crippen LogP contribution in [0.4, 0.5) is 0 Å². The molecule has 2 heterocycles. The summed E-state index contributed by atoms with van der Waals surface area (Å²) < 4.78 is 10.4. The molecule has 0 atom stereocenters. The molecule has 0 N–H and O–H groups in total. The fraction of sp³-hybridized carbons (Fsp3) is 0.100. The second-order valence-electron chi connectivity index (χ2n) is 5.90. The van der Waals surface area contributed by atoms with Crippen molar-refractivity contribution in [3.63, 3.8) is 0 Å². The van der Waals surface area contributed by atoms with Crippen LogP contribution in [0, 0.1) is 0 Å². The van der Waals surface area contributed by atoms with Gasteiger partial charge in [0.25, 0.3) is 0 Å². The molecule has 10 heteroatoms. The van der Waals surface area contributed by atoms with Gasteiger partial charge >= 0.3 is 11.9 Å². The third kappa shape index (κ3) is 5.83. The molecule has 0 amide bonds. The van der Waals surface area contributed by atoms with E-state index in [1.54, 1.807) is 24.3 Å². The van der Waals surface area contributed by atoms with E-state index < -0.39 is 11.9 Å². The molecule has 0 saturated heterocycles. The number of carbonyl (C=O) groups is 2. The van der Waals surface area contributed by atoms with Gasteiger partial charge in [0.15, 0.2) is 11.4 Å². The van der Waals surface area contributed by atoms with E-state index >= 15 is 0 Å². The first kappa shape index (κ1) is 22.3. The molecule has 0 aliphatic rings. The van der Waals surface area contributed by atoms with Crippen molar-refractivity contribution in [1.82, 2.24) is 9.97 Å². The van der Waals surface area contributed by atoms with Gasteiger partial charge in [-0.3, -0.25) is 0 Å². The smallest absolute Gasteiger partial charge is 0.358 e. The van der Waals surface area contributed by atoms with Crippen molar-refractivity contribution < 1.29 is 19.1 Å². The molecule has 1 aromatic carbocycles. The van der Waals surface area contributed by atoms with Gasteiger partial charge < -0.3 is 9.47 Å². The number of rotatable bonds is 6. The first-order valence-electron chi connectivity index (χ1n) is 8.39. The van der Waals surface area contributed by atoms with Crippen LogP contribution in [0.2, 0.25) is 20.4 Å². The Bertz CT molecular complexity index is 1000. The molecule has 0 bridgehead atoms. The number of hydrogen-bond acceptors (Lipinski definition) is 6. The zero-order chi connectivity index (χ0) is 21.7. The van der Waals surface area contributed by atoms with Gasteiger partial charge in [-0.15, -0.1) is 0 Å². The van der Waals surface area contributed by atoms with E-state index in [0.29, 0.717) is 0 Å². The number of aromatic nitrogens is 2.